The van der Waals surface area contributed by atoms with E-state index in [1.807, 2.05) is 24.3 Å². The number of benzene rings is 1. The van der Waals surface area contributed by atoms with Gasteiger partial charge in [0.2, 0.25) is 0 Å². The van der Waals surface area contributed by atoms with E-state index in [-0.39, 0.29) is 0 Å². The summed E-state index contributed by atoms with van der Waals surface area (Å²) in [5.41, 5.74) is 3.41. The molecular weight excluding hydrogens is 196 g/mol. The van der Waals surface area contributed by atoms with Crippen molar-refractivity contribution >= 4 is 37.0 Å². The monoisotopic (exact) mass is 210 g/mol. The van der Waals surface area contributed by atoms with Crippen LogP contribution in [0.1, 0.15) is 11.1 Å². The molecule has 0 heterocycles. The van der Waals surface area contributed by atoms with Crippen LogP contribution in [0.2, 0.25) is 0 Å². The lowest BCUT2D eigenvalue weighted by Gasteiger charge is -2.05. The predicted octanol–water partition coefficient (Wildman–Crippen LogP) is 4.19. The second-order valence-corrected chi connectivity index (χ2v) is 3.09. The van der Waals surface area contributed by atoms with Gasteiger partial charge in [-0.15, -0.1) is 0 Å². The third-order valence-corrected chi connectivity index (χ3v) is 2.15. The van der Waals surface area contributed by atoms with E-state index in [1.54, 1.807) is 12.2 Å². The fraction of sp³-hybridized carbons (Fsp3) is 0. The highest BCUT2D eigenvalue weighted by molar-refractivity contribution is 5.77. The SMILES string of the molecule is C=C/C=C\c1cc(N=C)c(N=C)cc1C=C. The number of rotatable bonds is 5. The van der Waals surface area contributed by atoms with E-state index in [2.05, 4.69) is 36.6 Å². The number of nitrogens with zero attached hydrogens (tertiary/aromatic N) is 2. The van der Waals surface area contributed by atoms with Gasteiger partial charge in [0, 0.05) is 0 Å². The smallest absolute Gasteiger partial charge is 0.0885 e. The van der Waals surface area contributed by atoms with Crippen LogP contribution in [0.15, 0.2) is 47.4 Å². The van der Waals surface area contributed by atoms with Crippen molar-refractivity contribution in [2.45, 2.75) is 0 Å². The summed E-state index contributed by atoms with van der Waals surface area (Å²) in [5, 5.41) is 0. The van der Waals surface area contributed by atoms with Crippen molar-refractivity contribution in [2.75, 3.05) is 0 Å². The molecule has 0 aromatic heterocycles. The molecular formula is C14H14N2. The van der Waals surface area contributed by atoms with Gasteiger partial charge in [-0.3, -0.25) is 9.98 Å². The van der Waals surface area contributed by atoms with Crippen molar-refractivity contribution in [3.05, 3.63) is 48.6 Å². The second kappa shape index (κ2) is 5.61. The molecule has 0 bridgehead atoms. The quantitative estimate of drug-likeness (QED) is 0.514. The minimum Gasteiger partial charge on any atom is -0.262 e. The molecule has 0 aliphatic carbocycles. The molecule has 80 valence electrons. The molecule has 0 N–H and O–H groups in total. The van der Waals surface area contributed by atoms with Gasteiger partial charge in [0.1, 0.15) is 0 Å². The highest BCUT2D eigenvalue weighted by atomic mass is 14.8. The molecule has 0 saturated heterocycles. The minimum absolute atomic E-state index is 0.709. The van der Waals surface area contributed by atoms with Crippen molar-refractivity contribution in [2.24, 2.45) is 9.98 Å². The Balaban J connectivity index is 3.41. The summed E-state index contributed by atoms with van der Waals surface area (Å²) in [4.78, 5) is 7.80. The fourth-order valence-electron chi connectivity index (χ4n) is 1.36. The molecule has 2 nitrogen and oxygen atoms in total. The Labute approximate surface area is 96.1 Å². The minimum atomic E-state index is 0.709. The maximum absolute atomic E-state index is 3.91. The van der Waals surface area contributed by atoms with E-state index in [1.165, 1.54) is 0 Å². The predicted molar refractivity (Wildman–Crippen MR) is 74.2 cm³/mol. The Hall–Kier alpha value is -2.22. The first-order valence-corrected chi connectivity index (χ1v) is 4.79. The summed E-state index contributed by atoms with van der Waals surface area (Å²) in [6.45, 7) is 14.4. The van der Waals surface area contributed by atoms with E-state index in [0.717, 1.165) is 11.1 Å². The lowest BCUT2D eigenvalue weighted by molar-refractivity contribution is 1.45. The Kier molecular flexibility index (Phi) is 4.16. The topological polar surface area (TPSA) is 24.7 Å². The third-order valence-electron chi connectivity index (χ3n) is 2.15. The molecule has 0 amide bonds. The lowest BCUT2D eigenvalue weighted by Crippen LogP contribution is -1.81. The van der Waals surface area contributed by atoms with Crippen molar-refractivity contribution in [3.63, 3.8) is 0 Å². The van der Waals surface area contributed by atoms with Crippen LogP contribution >= 0.6 is 0 Å². The van der Waals surface area contributed by atoms with E-state index in [9.17, 15) is 0 Å². The summed E-state index contributed by atoms with van der Waals surface area (Å²) in [6.07, 6.45) is 7.28. The zero-order valence-corrected chi connectivity index (χ0v) is 9.19. The van der Waals surface area contributed by atoms with Crippen LogP contribution < -0.4 is 0 Å². The van der Waals surface area contributed by atoms with Crippen LogP contribution in [0, 0.1) is 0 Å². The van der Waals surface area contributed by atoms with Gasteiger partial charge in [0.25, 0.3) is 0 Å². The first-order valence-electron chi connectivity index (χ1n) is 4.79. The molecule has 1 aromatic carbocycles. The normalized spacial score (nSPS) is 10.0. The second-order valence-electron chi connectivity index (χ2n) is 3.09. The number of aliphatic imine (C=N–C) groups is 2. The van der Waals surface area contributed by atoms with E-state index in [4.69, 9.17) is 0 Å². The highest BCUT2D eigenvalue weighted by Gasteiger charge is 2.03. The summed E-state index contributed by atoms with van der Waals surface area (Å²) in [5.74, 6) is 0. The number of allylic oxidation sites excluding steroid dienone is 2. The molecule has 0 aliphatic rings. The van der Waals surface area contributed by atoms with Gasteiger partial charge in [-0.2, -0.15) is 0 Å². The first kappa shape index (κ1) is 11.9. The maximum atomic E-state index is 3.91. The van der Waals surface area contributed by atoms with Crippen LogP contribution in [0.4, 0.5) is 11.4 Å². The summed E-state index contributed by atoms with van der Waals surface area (Å²) >= 11 is 0. The lowest BCUT2D eigenvalue weighted by atomic mass is 10.0. The molecule has 16 heavy (non-hydrogen) atoms. The maximum Gasteiger partial charge on any atom is 0.0885 e. The molecule has 0 fully saturated rings. The molecule has 0 unspecified atom stereocenters. The van der Waals surface area contributed by atoms with Crippen LogP contribution in [0.5, 0.6) is 0 Å². The molecule has 2 heteroatoms. The molecule has 0 radical (unpaired) electrons. The van der Waals surface area contributed by atoms with Crippen molar-refractivity contribution < 1.29 is 0 Å². The van der Waals surface area contributed by atoms with E-state index >= 15 is 0 Å². The standard InChI is InChI=1S/C14H14N2/c1-5-7-8-12-10-14(16-4)13(15-3)9-11(12)6-2/h5-10H,1-4H2/b8-7-. The average molecular weight is 210 g/mol. The fourth-order valence-corrected chi connectivity index (χ4v) is 1.36. The Morgan fingerprint density at radius 2 is 1.50 bits per heavy atom. The average Bonchev–Trinajstić information content (AvgIpc) is 2.35. The molecule has 1 aromatic rings. The van der Waals surface area contributed by atoms with Gasteiger partial charge >= 0.3 is 0 Å². The van der Waals surface area contributed by atoms with Crippen molar-refractivity contribution in [1.82, 2.24) is 0 Å². The zero-order chi connectivity index (χ0) is 12.0. The Morgan fingerprint density at radius 3 is 1.94 bits per heavy atom. The van der Waals surface area contributed by atoms with E-state index in [0.29, 0.717) is 11.4 Å². The van der Waals surface area contributed by atoms with Crippen LogP contribution in [0.25, 0.3) is 12.2 Å². The largest absolute Gasteiger partial charge is 0.262 e. The molecule has 0 atom stereocenters. The highest BCUT2D eigenvalue weighted by Crippen LogP contribution is 2.31. The molecule has 0 aliphatic heterocycles. The third kappa shape index (κ3) is 2.42. The van der Waals surface area contributed by atoms with Gasteiger partial charge in [-0.25, -0.2) is 0 Å². The van der Waals surface area contributed by atoms with Gasteiger partial charge in [0.05, 0.1) is 11.4 Å². The Morgan fingerprint density at radius 1 is 0.938 bits per heavy atom. The van der Waals surface area contributed by atoms with Crippen LogP contribution in [0.3, 0.4) is 0 Å². The van der Waals surface area contributed by atoms with Crippen molar-refractivity contribution in [1.29, 1.82) is 0 Å². The van der Waals surface area contributed by atoms with Crippen LogP contribution in [-0.2, 0) is 0 Å². The van der Waals surface area contributed by atoms with Crippen molar-refractivity contribution in [3.8, 4) is 0 Å². The van der Waals surface area contributed by atoms with Gasteiger partial charge in [-0.05, 0) is 36.7 Å². The summed E-state index contributed by atoms with van der Waals surface area (Å²) in [6, 6.07) is 3.78. The summed E-state index contributed by atoms with van der Waals surface area (Å²) in [7, 11) is 0. The molecule has 1 rings (SSSR count). The molecule has 0 spiro atoms. The first-order chi connectivity index (χ1) is 7.76. The molecule has 0 saturated carbocycles. The number of hydrogen-bond acceptors (Lipinski definition) is 2. The Bertz CT molecular complexity index is 468. The van der Waals surface area contributed by atoms with E-state index < -0.39 is 0 Å². The van der Waals surface area contributed by atoms with Gasteiger partial charge < -0.3 is 0 Å². The summed E-state index contributed by atoms with van der Waals surface area (Å²) < 4.78 is 0. The van der Waals surface area contributed by atoms with Gasteiger partial charge in [-0.1, -0.05) is 37.5 Å². The zero-order valence-electron chi connectivity index (χ0n) is 9.19. The van der Waals surface area contributed by atoms with Gasteiger partial charge in [0.15, 0.2) is 0 Å². The number of hydrogen-bond donors (Lipinski definition) is 0. The van der Waals surface area contributed by atoms with Crippen LogP contribution in [-0.4, -0.2) is 13.4 Å².